The van der Waals surface area contributed by atoms with Gasteiger partial charge in [0.1, 0.15) is 34.9 Å². The predicted octanol–water partition coefficient (Wildman–Crippen LogP) is 16.8. The summed E-state index contributed by atoms with van der Waals surface area (Å²) < 4.78 is 8.65. The molecule has 18 aromatic rings. The van der Waals surface area contributed by atoms with E-state index in [4.69, 9.17) is 63.1 Å². The van der Waals surface area contributed by atoms with E-state index in [-0.39, 0.29) is 11.1 Å². The van der Waals surface area contributed by atoms with E-state index in [0.717, 1.165) is 152 Å². The summed E-state index contributed by atoms with van der Waals surface area (Å²) in [5.74, 6) is 2.96. The van der Waals surface area contributed by atoms with E-state index in [1.54, 1.807) is 0 Å². The molecular formula is C82H62N16O4. The molecule has 20 nitrogen and oxygen atoms in total. The normalized spacial score (nSPS) is 11.4. The van der Waals surface area contributed by atoms with Crippen LogP contribution in [0.2, 0.25) is 0 Å². The van der Waals surface area contributed by atoms with Crippen LogP contribution in [-0.2, 0) is 0 Å². The van der Waals surface area contributed by atoms with Crippen LogP contribution in [0.1, 0.15) is 32.1 Å². The zero-order valence-electron chi connectivity index (χ0n) is 54.9. The molecule has 6 heterocycles. The number of carboxylic acid groups (broad SMARTS) is 2. The molecule has 0 aliphatic heterocycles. The van der Waals surface area contributed by atoms with Crippen molar-refractivity contribution in [3.63, 3.8) is 0 Å². The fourth-order valence-electron chi connectivity index (χ4n) is 12.9. The number of aromatic amines is 2. The van der Waals surface area contributed by atoms with Gasteiger partial charge in [-0.25, -0.2) is 39.5 Å². The Morgan fingerprint density at radius 2 is 0.627 bits per heavy atom. The van der Waals surface area contributed by atoms with Crippen LogP contribution in [0.15, 0.2) is 267 Å². The molecule has 6 aromatic heterocycles. The van der Waals surface area contributed by atoms with Gasteiger partial charge in [0.15, 0.2) is 0 Å². The van der Waals surface area contributed by atoms with Crippen LogP contribution in [0.3, 0.4) is 0 Å². The summed E-state index contributed by atoms with van der Waals surface area (Å²) in [6.07, 6.45) is 0. The zero-order chi connectivity index (χ0) is 69.9. The molecule has 0 bridgehead atoms. The predicted molar refractivity (Wildman–Crippen MR) is 405 cm³/mol. The summed E-state index contributed by atoms with van der Waals surface area (Å²) in [6, 6.07) is 86.9. The molecule has 0 atom stereocenters. The van der Waals surface area contributed by atoms with Gasteiger partial charge in [0.25, 0.3) is 0 Å². The summed E-state index contributed by atoms with van der Waals surface area (Å²) in [5.41, 5.74) is 48.2. The minimum Gasteiger partial charge on any atom is -0.478 e. The van der Waals surface area contributed by atoms with Gasteiger partial charge in [-0.3, -0.25) is 18.3 Å². The maximum atomic E-state index is 10.3. The first-order chi connectivity index (χ1) is 49.6. The molecule has 0 fully saturated rings. The summed E-state index contributed by atoms with van der Waals surface area (Å²) in [6.45, 7) is 4.07. The number of rotatable bonds is 11. The van der Waals surface area contributed by atoms with Gasteiger partial charge in [-0.05, 0) is 159 Å². The summed E-state index contributed by atoms with van der Waals surface area (Å²) in [7, 11) is 0. The van der Waals surface area contributed by atoms with Crippen LogP contribution in [0, 0.1) is 13.8 Å². The monoisotopic (exact) mass is 1330 g/mol. The Balaban J connectivity index is 0.000000138. The number of nitrogens with zero attached hydrogens (tertiary/aromatic N) is 10. The number of benzene rings is 12. The first-order valence-corrected chi connectivity index (χ1v) is 32.7. The number of imidazole rings is 6. The third-order valence-corrected chi connectivity index (χ3v) is 18.0. The Kier molecular flexibility index (Phi) is 15.6. The third-order valence-electron chi connectivity index (χ3n) is 18.0. The molecule has 18 rings (SSSR count). The molecule has 0 aliphatic rings. The zero-order valence-corrected chi connectivity index (χ0v) is 54.9. The quantitative estimate of drug-likeness (QED) is 0.0559. The highest BCUT2D eigenvalue weighted by atomic mass is 16.4. The van der Waals surface area contributed by atoms with Crippen molar-refractivity contribution in [2.24, 2.45) is 0 Å². The summed E-state index contributed by atoms with van der Waals surface area (Å²) in [5, 5.41) is 16.9. The van der Waals surface area contributed by atoms with Crippen LogP contribution in [-0.4, -0.2) is 80.3 Å². The number of anilines is 4. The molecule has 0 spiro atoms. The molecule has 494 valence electrons. The fraction of sp³-hybridized carbons (Fsp3) is 0.0244. The minimum atomic E-state index is -1.06. The van der Waals surface area contributed by atoms with Gasteiger partial charge in [-0.1, -0.05) is 127 Å². The lowest BCUT2D eigenvalue weighted by atomic mass is 10.1. The molecule has 0 aliphatic carbocycles. The number of hydrogen-bond acceptors (Lipinski definition) is 12. The van der Waals surface area contributed by atoms with Gasteiger partial charge >= 0.3 is 11.9 Å². The topological polar surface area (TPSA) is 307 Å². The van der Waals surface area contributed by atoms with Crippen LogP contribution in [0.4, 0.5) is 22.7 Å². The van der Waals surface area contributed by atoms with E-state index in [1.807, 2.05) is 104 Å². The Morgan fingerprint density at radius 1 is 0.314 bits per heavy atom. The number of aromatic nitrogens is 12. The second-order valence-corrected chi connectivity index (χ2v) is 24.7. The molecule has 12 aromatic carbocycles. The van der Waals surface area contributed by atoms with Crippen LogP contribution >= 0.6 is 0 Å². The largest absolute Gasteiger partial charge is 0.478 e. The number of carbonyl (C=O) groups is 2. The number of H-pyrrole nitrogens is 2. The Morgan fingerprint density at radius 3 is 0.980 bits per heavy atom. The van der Waals surface area contributed by atoms with Crippen molar-refractivity contribution in [3.8, 4) is 79.7 Å². The number of nitrogen functional groups attached to an aromatic ring is 4. The van der Waals surface area contributed by atoms with Crippen molar-refractivity contribution in [3.05, 3.63) is 289 Å². The van der Waals surface area contributed by atoms with Crippen molar-refractivity contribution >= 4 is 101 Å². The maximum Gasteiger partial charge on any atom is 0.335 e. The molecule has 20 heteroatoms. The lowest BCUT2D eigenvalue weighted by Gasteiger charge is -2.13. The Hall–Kier alpha value is -14.4. The van der Waals surface area contributed by atoms with Gasteiger partial charge in [-0.15, -0.1) is 0 Å². The minimum absolute atomic E-state index is 0.0833. The molecule has 102 heavy (non-hydrogen) atoms. The molecule has 12 N–H and O–H groups in total. The lowest BCUT2D eigenvalue weighted by Crippen LogP contribution is -2.02. The van der Waals surface area contributed by atoms with Crippen molar-refractivity contribution in [1.82, 2.24) is 58.1 Å². The molecule has 0 radical (unpaired) electrons. The first-order valence-electron chi connectivity index (χ1n) is 32.7. The molecule has 0 saturated heterocycles. The number of para-hydroxylation sites is 8. The number of nitrogens with two attached hydrogens (primary N) is 4. The smallest absolute Gasteiger partial charge is 0.335 e. The SMILES string of the molecule is Cc1ccc(-c2nc3cc(-n4c(-c5ccc(-c6nc7ccccc7n6-c6ccc7[nH]c(C)nc7c6)cc5)nc5ccccc54)ccc3[nH]2)cc1.Nc1ccc(-n2c(-c3ccc(-c4nc5ccccc5n4-c4ccc(N)c(N)c4)cc3)nc3ccccc32)cc1N.O=C(O)c1ccc(C(=O)O)cc1. The van der Waals surface area contributed by atoms with Gasteiger partial charge in [-0.2, -0.15) is 0 Å². The van der Waals surface area contributed by atoms with Gasteiger partial charge in [0.2, 0.25) is 0 Å². The molecule has 0 saturated carbocycles. The number of carboxylic acids is 2. The van der Waals surface area contributed by atoms with Crippen LogP contribution in [0.5, 0.6) is 0 Å². The number of nitrogens with one attached hydrogen (secondary N) is 2. The fourth-order valence-corrected chi connectivity index (χ4v) is 12.9. The number of aryl methyl sites for hydroxylation is 2. The van der Waals surface area contributed by atoms with Crippen LogP contribution < -0.4 is 22.9 Å². The average Bonchev–Trinajstić information content (AvgIpc) is 1.61. The average molecular weight is 1340 g/mol. The third kappa shape index (κ3) is 11.6. The highest BCUT2D eigenvalue weighted by molar-refractivity contribution is 5.93. The van der Waals surface area contributed by atoms with E-state index in [2.05, 4.69) is 181 Å². The summed E-state index contributed by atoms with van der Waals surface area (Å²) in [4.78, 5) is 57.4. The van der Waals surface area contributed by atoms with Gasteiger partial charge < -0.3 is 43.1 Å². The molecule has 0 amide bonds. The molecule has 0 unspecified atom stereocenters. The van der Waals surface area contributed by atoms with Gasteiger partial charge in [0, 0.05) is 50.6 Å². The Bertz CT molecular complexity index is 6100. The van der Waals surface area contributed by atoms with E-state index >= 15 is 0 Å². The first kappa shape index (κ1) is 62.4. The molecular weight excluding hydrogens is 1270 g/mol. The summed E-state index contributed by atoms with van der Waals surface area (Å²) >= 11 is 0. The highest BCUT2D eigenvalue weighted by Gasteiger charge is 2.22. The second-order valence-electron chi connectivity index (χ2n) is 24.7. The number of aromatic carboxylic acids is 2. The van der Waals surface area contributed by atoms with E-state index in [1.165, 1.54) is 29.8 Å². The van der Waals surface area contributed by atoms with E-state index < -0.39 is 11.9 Å². The van der Waals surface area contributed by atoms with Crippen molar-refractivity contribution in [2.75, 3.05) is 22.9 Å². The van der Waals surface area contributed by atoms with Crippen LogP contribution in [0.25, 0.3) is 146 Å². The highest BCUT2D eigenvalue weighted by Crippen LogP contribution is 2.38. The van der Waals surface area contributed by atoms with E-state index in [0.29, 0.717) is 22.7 Å². The van der Waals surface area contributed by atoms with Crippen molar-refractivity contribution < 1.29 is 19.8 Å². The maximum absolute atomic E-state index is 10.3. The second kappa shape index (κ2) is 25.5. The number of fused-ring (bicyclic) bond motifs is 6. The standard InChI is InChI=1S/C42H30N8.C32H26N8.C8H6O4/c1-25-11-13-27(14-12-25)40-45-33-22-20-31(24-37(33)46-40)50-39-10-6-4-8-35(39)48-42(50)29-17-15-28(16-18-29)41-47-34-7-3-5-9-38(34)49(41)30-19-21-32-36(23-30)44-26(2)43-32;33-23-15-13-21(17-25(23)35)39-29-7-3-1-5-27(29)37-31(39)19-9-11-20(12-10-19)32-38-28-6-2-4-8-30(28)40(32)22-14-16-24(34)26(36)18-22;9-7(10)5-1-2-6(4-3-5)8(11)12/h3-24H,1-2H3,(H,43,44)(H,45,46);1-18H,33-36H2;1-4H,(H,9,10)(H,11,12). The van der Waals surface area contributed by atoms with Crippen molar-refractivity contribution in [1.29, 1.82) is 0 Å². The number of hydrogen-bond donors (Lipinski definition) is 8. The Labute approximate surface area is 581 Å². The van der Waals surface area contributed by atoms with Gasteiger partial charge in [0.05, 0.1) is 100 Å². The van der Waals surface area contributed by atoms with E-state index in [9.17, 15) is 9.59 Å². The van der Waals surface area contributed by atoms with Crippen molar-refractivity contribution in [2.45, 2.75) is 13.8 Å². The lowest BCUT2D eigenvalue weighted by molar-refractivity contribution is 0.0681.